The molecule has 0 saturated carbocycles. The average Bonchev–Trinajstić information content (AvgIpc) is 3.11. The van der Waals surface area contributed by atoms with Crippen molar-refractivity contribution in [1.29, 1.82) is 0 Å². The molecule has 0 bridgehead atoms. The summed E-state index contributed by atoms with van der Waals surface area (Å²) in [5.41, 5.74) is 1.06. The molecule has 0 spiro atoms. The van der Waals surface area contributed by atoms with Crippen LogP contribution < -0.4 is 10.6 Å². The molecule has 2 heterocycles. The van der Waals surface area contributed by atoms with E-state index in [2.05, 4.69) is 41.4 Å². The average molecular weight is 409 g/mol. The van der Waals surface area contributed by atoms with E-state index in [9.17, 15) is 4.79 Å². The molecule has 1 aromatic heterocycles. The molecule has 0 radical (unpaired) electrons. The fourth-order valence-electron chi connectivity index (χ4n) is 3.36. The molecular formula is C20H36N6O3. The summed E-state index contributed by atoms with van der Waals surface area (Å²) in [6.07, 6.45) is 4.25. The molecule has 1 saturated heterocycles. The fourth-order valence-corrected chi connectivity index (χ4v) is 3.36. The number of hydrogen-bond donors (Lipinski definition) is 2. The lowest BCUT2D eigenvalue weighted by Gasteiger charge is -2.35. The minimum Gasteiger partial charge on any atom is -0.450 e. The van der Waals surface area contributed by atoms with Gasteiger partial charge in [-0.25, -0.2) is 4.79 Å². The van der Waals surface area contributed by atoms with Crippen molar-refractivity contribution in [3.8, 4) is 0 Å². The molecule has 1 aromatic rings. The van der Waals surface area contributed by atoms with Crippen LogP contribution in [0.2, 0.25) is 0 Å². The molecule has 1 aliphatic rings. The second kappa shape index (κ2) is 11.6. The van der Waals surface area contributed by atoms with Gasteiger partial charge in [-0.2, -0.15) is 5.10 Å². The lowest BCUT2D eigenvalue weighted by atomic mass is 10.0. The van der Waals surface area contributed by atoms with E-state index < -0.39 is 0 Å². The number of morpholine rings is 1. The number of nitrogens with one attached hydrogen (secondary N) is 2. The van der Waals surface area contributed by atoms with E-state index in [0.29, 0.717) is 32.2 Å². The molecule has 9 nitrogen and oxygen atoms in total. The van der Waals surface area contributed by atoms with Gasteiger partial charge in [0, 0.05) is 31.9 Å². The summed E-state index contributed by atoms with van der Waals surface area (Å²) in [4.78, 5) is 18.9. The number of aliphatic imine (C=N–C) groups is 1. The number of carbonyl (C=O) groups excluding carboxylic acids is 1. The number of aromatic nitrogens is 2. The molecule has 2 N–H and O–H groups in total. The Kier molecular flexibility index (Phi) is 9.24. The standard InChI is InChI=1S/C20H36N6O3/c1-6-21-19(22-12-17(10-15(3)4)24-20(27)28-7-2)26-8-9-29-18(14-26)16-11-23-25(5)13-16/h11,13,15,17-18H,6-10,12,14H2,1-5H3,(H,21,22)(H,24,27). The second-order valence-corrected chi connectivity index (χ2v) is 7.64. The summed E-state index contributed by atoms with van der Waals surface area (Å²) in [6.45, 7) is 11.8. The number of alkyl carbamates (subject to hydrolysis) is 1. The number of hydrogen-bond acceptors (Lipinski definition) is 5. The lowest BCUT2D eigenvalue weighted by molar-refractivity contribution is -0.00805. The molecule has 1 fully saturated rings. The van der Waals surface area contributed by atoms with Gasteiger partial charge in [0.05, 0.1) is 38.5 Å². The van der Waals surface area contributed by atoms with E-state index in [-0.39, 0.29) is 18.2 Å². The van der Waals surface area contributed by atoms with Gasteiger partial charge in [-0.3, -0.25) is 9.67 Å². The Bertz CT molecular complexity index is 660. The number of rotatable bonds is 8. The second-order valence-electron chi connectivity index (χ2n) is 7.64. The van der Waals surface area contributed by atoms with Crippen LogP contribution in [0.15, 0.2) is 17.4 Å². The topological polar surface area (TPSA) is 93.0 Å². The van der Waals surface area contributed by atoms with Crippen molar-refractivity contribution in [2.75, 3.05) is 39.4 Å². The van der Waals surface area contributed by atoms with Crippen LogP contribution in [0.25, 0.3) is 0 Å². The van der Waals surface area contributed by atoms with Crippen LogP contribution >= 0.6 is 0 Å². The van der Waals surface area contributed by atoms with Crippen molar-refractivity contribution in [3.05, 3.63) is 18.0 Å². The SMILES string of the molecule is CCNC(=NCC(CC(C)C)NC(=O)OCC)N1CCOC(c2cnn(C)c2)C1. The first-order valence-electron chi connectivity index (χ1n) is 10.5. The van der Waals surface area contributed by atoms with Gasteiger partial charge in [0.15, 0.2) is 5.96 Å². The number of amides is 1. The quantitative estimate of drug-likeness (QED) is 0.504. The summed E-state index contributed by atoms with van der Waals surface area (Å²) in [5, 5.41) is 10.6. The van der Waals surface area contributed by atoms with Gasteiger partial charge in [0.25, 0.3) is 0 Å². The summed E-state index contributed by atoms with van der Waals surface area (Å²) in [5.74, 6) is 1.28. The predicted octanol–water partition coefficient (Wildman–Crippen LogP) is 1.92. The van der Waals surface area contributed by atoms with Crippen molar-refractivity contribution in [1.82, 2.24) is 25.3 Å². The molecule has 2 unspecified atom stereocenters. The third kappa shape index (κ3) is 7.56. The number of carbonyl (C=O) groups is 1. The van der Waals surface area contributed by atoms with Gasteiger partial charge in [0.1, 0.15) is 6.10 Å². The highest BCUT2D eigenvalue weighted by Crippen LogP contribution is 2.21. The van der Waals surface area contributed by atoms with E-state index in [4.69, 9.17) is 14.5 Å². The van der Waals surface area contributed by atoms with E-state index in [1.165, 1.54) is 0 Å². The molecule has 29 heavy (non-hydrogen) atoms. The monoisotopic (exact) mass is 408 g/mol. The van der Waals surface area contributed by atoms with Crippen molar-refractivity contribution < 1.29 is 14.3 Å². The summed E-state index contributed by atoms with van der Waals surface area (Å²) >= 11 is 0. The molecule has 0 aliphatic carbocycles. The highest BCUT2D eigenvalue weighted by atomic mass is 16.5. The Morgan fingerprint density at radius 3 is 2.86 bits per heavy atom. The van der Waals surface area contributed by atoms with E-state index in [1.54, 1.807) is 11.6 Å². The van der Waals surface area contributed by atoms with Gasteiger partial charge < -0.3 is 25.0 Å². The first-order valence-corrected chi connectivity index (χ1v) is 10.5. The van der Waals surface area contributed by atoms with E-state index >= 15 is 0 Å². The highest BCUT2D eigenvalue weighted by Gasteiger charge is 2.25. The van der Waals surface area contributed by atoms with Crippen molar-refractivity contribution in [3.63, 3.8) is 0 Å². The maximum absolute atomic E-state index is 11.9. The van der Waals surface area contributed by atoms with Crippen LogP contribution in [-0.4, -0.2) is 72.2 Å². The largest absolute Gasteiger partial charge is 0.450 e. The maximum Gasteiger partial charge on any atom is 0.407 e. The van der Waals surface area contributed by atoms with Gasteiger partial charge in [0.2, 0.25) is 0 Å². The van der Waals surface area contributed by atoms with Crippen LogP contribution in [0.5, 0.6) is 0 Å². The molecular weight excluding hydrogens is 372 g/mol. The lowest BCUT2D eigenvalue weighted by Crippen LogP contribution is -2.49. The Morgan fingerprint density at radius 2 is 2.24 bits per heavy atom. The first-order chi connectivity index (χ1) is 13.9. The summed E-state index contributed by atoms with van der Waals surface area (Å²) in [7, 11) is 1.90. The van der Waals surface area contributed by atoms with Gasteiger partial charge in [-0.15, -0.1) is 0 Å². The predicted molar refractivity (Wildman–Crippen MR) is 113 cm³/mol. The minimum absolute atomic E-state index is 0.0366. The Hall–Kier alpha value is -2.29. The number of aryl methyl sites for hydroxylation is 1. The molecule has 9 heteroatoms. The first kappa shape index (κ1) is 23.0. The molecule has 164 valence electrons. The zero-order valence-corrected chi connectivity index (χ0v) is 18.4. The van der Waals surface area contributed by atoms with E-state index in [0.717, 1.165) is 31.0 Å². The fraction of sp³-hybridized carbons (Fsp3) is 0.750. The number of ether oxygens (including phenoxy) is 2. The third-order valence-corrected chi connectivity index (χ3v) is 4.61. The zero-order chi connectivity index (χ0) is 21.2. The molecule has 1 amide bonds. The van der Waals surface area contributed by atoms with Crippen LogP contribution in [0, 0.1) is 5.92 Å². The number of guanidine groups is 1. The molecule has 1 aliphatic heterocycles. The Morgan fingerprint density at radius 1 is 1.45 bits per heavy atom. The number of nitrogens with zero attached hydrogens (tertiary/aromatic N) is 4. The Labute approximate surface area is 173 Å². The molecule has 2 atom stereocenters. The summed E-state index contributed by atoms with van der Waals surface area (Å²) in [6, 6.07) is -0.0714. The van der Waals surface area contributed by atoms with Crippen LogP contribution in [0.1, 0.15) is 45.8 Å². The normalized spacial score (nSPS) is 18.6. The molecule has 0 aromatic carbocycles. The van der Waals surface area contributed by atoms with Crippen molar-refractivity contribution >= 4 is 12.1 Å². The summed E-state index contributed by atoms with van der Waals surface area (Å²) < 4.78 is 12.8. The van der Waals surface area contributed by atoms with Crippen LogP contribution in [0.3, 0.4) is 0 Å². The Balaban J connectivity index is 2.06. The smallest absolute Gasteiger partial charge is 0.407 e. The van der Waals surface area contributed by atoms with E-state index in [1.807, 2.05) is 19.4 Å². The van der Waals surface area contributed by atoms with Crippen LogP contribution in [0.4, 0.5) is 4.79 Å². The van der Waals surface area contributed by atoms with Gasteiger partial charge >= 0.3 is 6.09 Å². The van der Waals surface area contributed by atoms with Crippen molar-refractivity contribution in [2.45, 2.75) is 46.3 Å². The maximum atomic E-state index is 11.9. The van der Waals surface area contributed by atoms with Crippen molar-refractivity contribution in [2.24, 2.45) is 18.0 Å². The molecule has 2 rings (SSSR count). The van der Waals surface area contributed by atoms with Gasteiger partial charge in [-0.05, 0) is 26.2 Å². The highest BCUT2D eigenvalue weighted by molar-refractivity contribution is 5.80. The van der Waals surface area contributed by atoms with Gasteiger partial charge in [-0.1, -0.05) is 13.8 Å². The third-order valence-electron chi connectivity index (χ3n) is 4.61. The zero-order valence-electron chi connectivity index (χ0n) is 18.4. The van der Waals surface area contributed by atoms with Crippen LogP contribution in [-0.2, 0) is 16.5 Å². The minimum atomic E-state index is -0.388.